The smallest absolute Gasteiger partial charge is 0.322 e. The number of nitrogens with zero attached hydrogens (tertiary/aromatic N) is 1. The Labute approximate surface area is 148 Å². The van der Waals surface area contributed by atoms with E-state index in [1.807, 2.05) is 42.5 Å². The van der Waals surface area contributed by atoms with E-state index in [1.165, 1.54) is 11.3 Å². The summed E-state index contributed by atoms with van der Waals surface area (Å²) in [4.78, 5) is 26.7. The van der Waals surface area contributed by atoms with Gasteiger partial charge in [-0.25, -0.2) is 4.98 Å². The standard InChI is InChI=1S/C18H16N2O4S/c1-24-13-5-2-11(3-6-13)12-4-7-15-14(8-12)20-17(25-15)9-16(21)19-10-18(22)23/h2-8H,9-10H2,1H3,(H,19,21)(H,22,23). The molecule has 25 heavy (non-hydrogen) atoms. The Morgan fingerprint density at radius 1 is 1.16 bits per heavy atom. The Bertz CT molecular complexity index is 918. The van der Waals surface area contributed by atoms with Crippen LogP contribution in [-0.2, 0) is 16.0 Å². The quantitative estimate of drug-likeness (QED) is 0.709. The van der Waals surface area contributed by atoms with Crippen molar-refractivity contribution in [1.82, 2.24) is 10.3 Å². The van der Waals surface area contributed by atoms with Crippen LogP contribution in [0.3, 0.4) is 0 Å². The SMILES string of the molecule is COc1ccc(-c2ccc3sc(CC(=O)NCC(=O)O)nc3c2)cc1. The molecule has 0 atom stereocenters. The van der Waals surface area contributed by atoms with E-state index >= 15 is 0 Å². The van der Waals surface area contributed by atoms with E-state index in [-0.39, 0.29) is 18.9 Å². The van der Waals surface area contributed by atoms with E-state index in [2.05, 4.69) is 10.3 Å². The first-order valence-electron chi connectivity index (χ1n) is 7.57. The lowest BCUT2D eigenvalue weighted by atomic mass is 10.1. The number of benzene rings is 2. The monoisotopic (exact) mass is 356 g/mol. The largest absolute Gasteiger partial charge is 0.497 e. The summed E-state index contributed by atoms with van der Waals surface area (Å²) in [5.41, 5.74) is 2.90. The molecule has 0 bridgehead atoms. The first kappa shape index (κ1) is 16.9. The van der Waals surface area contributed by atoms with E-state index < -0.39 is 5.97 Å². The summed E-state index contributed by atoms with van der Waals surface area (Å²) in [5.74, 6) is -0.619. The minimum atomic E-state index is -1.07. The maximum atomic E-state index is 11.7. The van der Waals surface area contributed by atoms with Crippen molar-refractivity contribution >= 4 is 33.4 Å². The number of carbonyl (C=O) groups is 2. The third kappa shape index (κ3) is 4.13. The van der Waals surface area contributed by atoms with Crippen LogP contribution in [0.15, 0.2) is 42.5 Å². The number of carboxylic acid groups (broad SMARTS) is 1. The number of aromatic nitrogens is 1. The van der Waals surface area contributed by atoms with Crippen LogP contribution in [0.5, 0.6) is 5.75 Å². The molecule has 0 saturated heterocycles. The summed E-state index contributed by atoms with van der Waals surface area (Å²) in [5, 5.41) is 11.6. The van der Waals surface area contributed by atoms with Crippen LogP contribution in [-0.4, -0.2) is 35.6 Å². The predicted octanol–water partition coefficient (Wildman–Crippen LogP) is 2.72. The number of carboxylic acids is 1. The molecule has 1 amide bonds. The number of hydrogen-bond acceptors (Lipinski definition) is 5. The molecule has 1 aromatic heterocycles. The Hall–Kier alpha value is -2.93. The van der Waals surface area contributed by atoms with E-state index in [0.29, 0.717) is 5.01 Å². The fourth-order valence-electron chi connectivity index (χ4n) is 2.39. The molecule has 0 spiro atoms. The molecule has 0 aliphatic rings. The van der Waals surface area contributed by atoms with Gasteiger partial charge in [-0.2, -0.15) is 0 Å². The molecule has 0 aliphatic heterocycles. The molecule has 2 aromatic carbocycles. The molecule has 7 heteroatoms. The van der Waals surface area contributed by atoms with Gasteiger partial charge in [0.1, 0.15) is 17.3 Å². The topological polar surface area (TPSA) is 88.5 Å². The normalized spacial score (nSPS) is 10.6. The van der Waals surface area contributed by atoms with Crippen molar-refractivity contribution in [3.05, 3.63) is 47.5 Å². The van der Waals surface area contributed by atoms with Crippen LogP contribution in [0.4, 0.5) is 0 Å². The zero-order chi connectivity index (χ0) is 17.8. The summed E-state index contributed by atoms with van der Waals surface area (Å²) in [6.45, 7) is -0.384. The number of ether oxygens (including phenoxy) is 1. The van der Waals surface area contributed by atoms with Crippen molar-refractivity contribution < 1.29 is 19.4 Å². The van der Waals surface area contributed by atoms with Gasteiger partial charge in [-0.1, -0.05) is 18.2 Å². The first-order valence-corrected chi connectivity index (χ1v) is 8.39. The lowest BCUT2D eigenvalue weighted by Crippen LogP contribution is -2.30. The average molecular weight is 356 g/mol. The maximum absolute atomic E-state index is 11.7. The predicted molar refractivity (Wildman–Crippen MR) is 96.0 cm³/mol. The van der Waals surface area contributed by atoms with Crippen molar-refractivity contribution in [2.45, 2.75) is 6.42 Å². The molecule has 128 valence electrons. The molecule has 1 heterocycles. The van der Waals surface area contributed by atoms with Crippen molar-refractivity contribution in [3.8, 4) is 16.9 Å². The van der Waals surface area contributed by atoms with Crippen molar-refractivity contribution in [2.75, 3.05) is 13.7 Å². The number of thiazole rings is 1. The maximum Gasteiger partial charge on any atom is 0.322 e. The van der Waals surface area contributed by atoms with Gasteiger partial charge in [0.15, 0.2) is 0 Å². The lowest BCUT2D eigenvalue weighted by molar-refractivity contribution is -0.137. The van der Waals surface area contributed by atoms with Crippen LogP contribution in [0.1, 0.15) is 5.01 Å². The highest BCUT2D eigenvalue weighted by molar-refractivity contribution is 7.18. The van der Waals surface area contributed by atoms with Crippen molar-refractivity contribution in [3.63, 3.8) is 0 Å². The van der Waals surface area contributed by atoms with E-state index in [9.17, 15) is 9.59 Å². The number of rotatable bonds is 6. The third-order valence-electron chi connectivity index (χ3n) is 3.60. The number of amides is 1. The number of carbonyl (C=O) groups excluding carboxylic acids is 1. The third-order valence-corrected chi connectivity index (χ3v) is 4.64. The van der Waals surface area contributed by atoms with Gasteiger partial charge in [0, 0.05) is 0 Å². The second kappa shape index (κ2) is 7.31. The van der Waals surface area contributed by atoms with Crippen LogP contribution in [0.25, 0.3) is 21.3 Å². The van der Waals surface area contributed by atoms with E-state index in [0.717, 1.165) is 27.1 Å². The van der Waals surface area contributed by atoms with Crippen molar-refractivity contribution in [1.29, 1.82) is 0 Å². The average Bonchev–Trinajstić information content (AvgIpc) is 3.01. The van der Waals surface area contributed by atoms with Crippen molar-refractivity contribution in [2.24, 2.45) is 0 Å². The molecular weight excluding hydrogens is 340 g/mol. The molecule has 0 radical (unpaired) electrons. The van der Waals surface area contributed by atoms with Gasteiger partial charge in [-0.15, -0.1) is 11.3 Å². The molecule has 3 aromatic rings. The van der Waals surface area contributed by atoms with Gasteiger partial charge in [0.25, 0.3) is 0 Å². The van der Waals surface area contributed by atoms with Gasteiger partial charge in [0.05, 0.1) is 23.7 Å². The summed E-state index contributed by atoms with van der Waals surface area (Å²) in [7, 11) is 1.63. The minimum absolute atomic E-state index is 0.0739. The van der Waals surface area contributed by atoms with E-state index in [1.54, 1.807) is 7.11 Å². The Balaban J connectivity index is 1.78. The Kier molecular flexibility index (Phi) is 4.95. The molecule has 2 N–H and O–H groups in total. The lowest BCUT2D eigenvalue weighted by Gasteiger charge is -2.03. The summed E-state index contributed by atoms with van der Waals surface area (Å²) in [6.07, 6.45) is 0.0739. The van der Waals surface area contributed by atoms with Gasteiger partial charge < -0.3 is 15.2 Å². The number of aliphatic carboxylic acids is 1. The molecule has 3 rings (SSSR count). The molecule has 0 aliphatic carbocycles. The summed E-state index contributed by atoms with van der Waals surface area (Å²) >= 11 is 1.43. The zero-order valence-corrected chi connectivity index (χ0v) is 14.3. The number of hydrogen-bond donors (Lipinski definition) is 2. The van der Waals surface area contributed by atoms with Crippen LogP contribution in [0.2, 0.25) is 0 Å². The molecular formula is C18H16N2O4S. The highest BCUT2D eigenvalue weighted by Gasteiger charge is 2.11. The number of fused-ring (bicyclic) bond motifs is 1. The van der Waals surface area contributed by atoms with Gasteiger partial charge in [-0.3, -0.25) is 9.59 Å². The minimum Gasteiger partial charge on any atom is -0.497 e. The Morgan fingerprint density at radius 3 is 2.56 bits per heavy atom. The number of nitrogens with one attached hydrogen (secondary N) is 1. The van der Waals surface area contributed by atoms with Crippen LogP contribution >= 0.6 is 11.3 Å². The number of methoxy groups -OCH3 is 1. The second-order valence-electron chi connectivity index (χ2n) is 5.37. The molecule has 0 saturated carbocycles. The van der Waals surface area contributed by atoms with E-state index in [4.69, 9.17) is 9.84 Å². The summed E-state index contributed by atoms with van der Waals surface area (Å²) < 4.78 is 6.15. The fourth-order valence-corrected chi connectivity index (χ4v) is 3.33. The first-order chi connectivity index (χ1) is 12.0. The van der Waals surface area contributed by atoms with Crippen LogP contribution < -0.4 is 10.1 Å². The van der Waals surface area contributed by atoms with Gasteiger partial charge >= 0.3 is 5.97 Å². The molecule has 0 unspecified atom stereocenters. The fraction of sp³-hybridized carbons (Fsp3) is 0.167. The Morgan fingerprint density at radius 2 is 1.88 bits per heavy atom. The second-order valence-corrected chi connectivity index (χ2v) is 6.48. The zero-order valence-electron chi connectivity index (χ0n) is 13.5. The van der Waals surface area contributed by atoms with Crippen LogP contribution in [0, 0.1) is 0 Å². The summed E-state index contributed by atoms with van der Waals surface area (Å²) in [6, 6.07) is 13.7. The molecule has 6 nitrogen and oxygen atoms in total. The highest BCUT2D eigenvalue weighted by Crippen LogP contribution is 2.29. The van der Waals surface area contributed by atoms with Gasteiger partial charge in [0.2, 0.25) is 5.91 Å². The highest BCUT2D eigenvalue weighted by atomic mass is 32.1. The molecule has 0 fully saturated rings. The van der Waals surface area contributed by atoms with Gasteiger partial charge in [-0.05, 0) is 35.4 Å².